The van der Waals surface area contributed by atoms with Crippen LogP contribution in [0.4, 0.5) is 0 Å². The van der Waals surface area contributed by atoms with Crippen molar-refractivity contribution in [2.24, 2.45) is 11.8 Å². The largest absolute Gasteiger partial charge is 0.391 e. The van der Waals surface area contributed by atoms with E-state index in [1.54, 1.807) is 0 Å². The van der Waals surface area contributed by atoms with Crippen LogP contribution >= 0.6 is 0 Å². The van der Waals surface area contributed by atoms with Crippen molar-refractivity contribution in [1.82, 2.24) is 5.32 Å². The molecular formula is C9H17NO. The Balaban J connectivity index is 2.10. The second-order valence-corrected chi connectivity index (χ2v) is 3.98. The number of aliphatic hydroxyl groups is 1. The van der Waals surface area contributed by atoms with Gasteiger partial charge in [-0.2, -0.15) is 0 Å². The van der Waals surface area contributed by atoms with Gasteiger partial charge >= 0.3 is 0 Å². The maximum absolute atomic E-state index is 9.80. The van der Waals surface area contributed by atoms with Crippen molar-refractivity contribution in [2.45, 2.75) is 37.8 Å². The molecule has 2 atom stereocenters. The van der Waals surface area contributed by atoms with Gasteiger partial charge in [-0.3, -0.25) is 0 Å². The van der Waals surface area contributed by atoms with E-state index in [-0.39, 0.29) is 6.10 Å². The fourth-order valence-corrected chi connectivity index (χ4v) is 2.82. The number of hydrogen-bond acceptors (Lipinski definition) is 2. The van der Waals surface area contributed by atoms with E-state index in [0.717, 1.165) is 5.92 Å². The summed E-state index contributed by atoms with van der Waals surface area (Å²) in [4.78, 5) is 0. The Morgan fingerprint density at radius 1 is 1.09 bits per heavy atom. The van der Waals surface area contributed by atoms with E-state index >= 15 is 0 Å². The van der Waals surface area contributed by atoms with Gasteiger partial charge in [-0.15, -0.1) is 0 Å². The summed E-state index contributed by atoms with van der Waals surface area (Å²) in [6, 6.07) is 0.391. The monoisotopic (exact) mass is 155 g/mol. The Morgan fingerprint density at radius 2 is 1.64 bits per heavy atom. The molecule has 0 aromatic heterocycles. The van der Waals surface area contributed by atoms with Crippen molar-refractivity contribution in [3.8, 4) is 0 Å². The molecule has 0 radical (unpaired) electrons. The number of likely N-dealkylation sites (N-methyl/N-ethyl adjacent to an activating group) is 1. The maximum atomic E-state index is 9.80. The molecule has 3 rings (SSSR count). The van der Waals surface area contributed by atoms with Gasteiger partial charge in [-0.1, -0.05) is 0 Å². The third kappa shape index (κ3) is 1.09. The molecule has 64 valence electrons. The molecule has 3 aliphatic carbocycles. The minimum atomic E-state index is -0.0625. The molecule has 0 heterocycles. The maximum Gasteiger partial charge on any atom is 0.0723 e. The van der Waals surface area contributed by atoms with E-state index in [1.165, 1.54) is 25.7 Å². The number of nitrogens with one attached hydrogen (secondary N) is 1. The van der Waals surface area contributed by atoms with Crippen molar-refractivity contribution in [3.05, 3.63) is 0 Å². The first-order chi connectivity index (χ1) is 5.33. The van der Waals surface area contributed by atoms with Gasteiger partial charge in [0, 0.05) is 6.04 Å². The molecule has 0 saturated heterocycles. The van der Waals surface area contributed by atoms with Gasteiger partial charge in [0.1, 0.15) is 0 Å². The van der Waals surface area contributed by atoms with Crippen LogP contribution in [0.25, 0.3) is 0 Å². The third-order valence-electron chi connectivity index (χ3n) is 3.51. The van der Waals surface area contributed by atoms with Crippen molar-refractivity contribution in [1.29, 1.82) is 0 Å². The van der Waals surface area contributed by atoms with E-state index in [9.17, 15) is 5.11 Å². The predicted molar refractivity (Wildman–Crippen MR) is 44.3 cm³/mol. The summed E-state index contributed by atoms with van der Waals surface area (Å²) in [7, 11) is 1.97. The van der Waals surface area contributed by atoms with Gasteiger partial charge < -0.3 is 10.4 Å². The Bertz CT molecular complexity index is 138. The normalized spacial score (nSPS) is 49.6. The highest BCUT2D eigenvalue weighted by Crippen LogP contribution is 2.41. The van der Waals surface area contributed by atoms with Crippen molar-refractivity contribution in [2.75, 3.05) is 7.05 Å². The van der Waals surface area contributed by atoms with Gasteiger partial charge in [0.15, 0.2) is 0 Å². The summed E-state index contributed by atoms with van der Waals surface area (Å²) >= 11 is 0. The van der Waals surface area contributed by atoms with Crippen molar-refractivity contribution in [3.63, 3.8) is 0 Å². The Morgan fingerprint density at radius 3 is 2.00 bits per heavy atom. The van der Waals surface area contributed by atoms with E-state index in [1.807, 2.05) is 7.05 Å². The summed E-state index contributed by atoms with van der Waals surface area (Å²) in [6.45, 7) is 0. The van der Waals surface area contributed by atoms with Gasteiger partial charge in [0.25, 0.3) is 0 Å². The van der Waals surface area contributed by atoms with Gasteiger partial charge in [0.05, 0.1) is 6.10 Å². The second kappa shape index (κ2) is 2.76. The first-order valence-electron chi connectivity index (χ1n) is 4.68. The Hall–Kier alpha value is -0.0800. The molecule has 2 N–H and O–H groups in total. The highest BCUT2D eigenvalue weighted by molar-refractivity contribution is 4.96. The molecule has 3 fully saturated rings. The summed E-state index contributed by atoms with van der Waals surface area (Å²) in [5, 5.41) is 13.0. The lowest BCUT2D eigenvalue weighted by Crippen LogP contribution is -2.53. The summed E-state index contributed by atoms with van der Waals surface area (Å²) in [6.07, 6.45) is 5.10. The molecule has 2 heteroatoms. The van der Waals surface area contributed by atoms with E-state index in [4.69, 9.17) is 0 Å². The average Bonchev–Trinajstić information content (AvgIpc) is 2.06. The van der Waals surface area contributed by atoms with Crippen LogP contribution in [0.3, 0.4) is 0 Å². The third-order valence-corrected chi connectivity index (χ3v) is 3.51. The number of aliphatic hydroxyl groups excluding tert-OH is 1. The standard InChI is InChI=1S/C9H17NO/c1-10-8-6-2-4-7(5-3-6)9(8)11/h6-11H,2-5H2,1H3/t6?,7?,8-,9+/m1/s1. The van der Waals surface area contributed by atoms with Crippen LogP contribution in [0, 0.1) is 11.8 Å². The van der Waals surface area contributed by atoms with Crippen molar-refractivity contribution >= 4 is 0 Å². The van der Waals surface area contributed by atoms with Gasteiger partial charge in [-0.05, 0) is 44.6 Å². The van der Waals surface area contributed by atoms with Gasteiger partial charge in [0.2, 0.25) is 0 Å². The molecule has 0 aromatic carbocycles. The van der Waals surface area contributed by atoms with E-state index in [2.05, 4.69) is 5.32 Å². The molecule has 3 saturated carbocycles. The molecular weight excluding hydrogens is 138 g/mol. The van der Waals surface area contributed by atoms with E-state index < -0.39 is 0 Å². The molecule has 2 nitrogen and oxygen atoms in total. The lowest BCUT2D eigenvalue weighted by atomic mass is 9.66. The smallest absolute Gasteiger partial charge is 0.0723 e. The molecule has 0 aromatic rings. The number of rotatable bonds is 1. The molecule has 11 heavy (non-hydrogen) atoms. The fraction of sp³-hybridized carbons (Fsp3) is 1.00. The average molecular weight is 155 g/mol. The lowest BCUT2D eigenvalue weighted by molar-refractivity contribution is -0.0290. The summed E-state index contributed by atoms with van der Waals surface area (Å²) < 4.78 is 0. The van der Waals surface area contributed by atoms with Crippen LogP contribution in [-0.2, 0) is 0 Å². The highest BCUT2D eigenvalue weighted by Gasteiger charge is 2.41. The zero-order valence-corrected chi connectivity index (χ0v) is 7.09. The quantitative estimate of drug-likeness (QED) is 0.586. The molecule has 0 spiro atoms. The van der Waals surface area contributed by atoms with Crippen LogP contribution in [0.15, 0.2) is 0 Å². The molecule has 0 aliphatic heterocycles. The summed E-state index contributed by atoms with van der Waals surface area (Å²) in [5.41, 5.74) is 0. The van der Waals surface area contributed by atoms with Crippen LogP contribution in [0.5, 0.6) is 0 Å². The van der Waals surface area contributed by atoms with Crippen LogP contribution in [0.1, 0.15) is 25.7 Å². The zero-order chi connectivity index (χ0) is 7.84. The molecule has 2 bridgehead atoms. The highest BCUT2D eigenvalue weighted by atomic mass is 16.3. The van der Waals surface area contributed by atoms with Crippen LogP contribution in [-0.4, -0.2) is 24.3 Å². The topological polar surface area (TPSA) is 32.3 Å². The minimum absolute atomic E-state index is 0.0625. The Kier molecular flexibility index (Phi) is 1.90. The van der Waals surface area contributed by atoms with Crippen LogP contribution in [0.2, 0.25) is 0 Å². The number of hydrogen-bond donors (Lipinski definition) is 2. The van der Waals surface area contributed by atoms with E-state index in [0.29, 0.717) is 12.0 Å². The SMILES string of the molecule is CN[C@@H]1C2CCC(CC2)[C@@H]1O. The lowest BCUT2D eigenvalue weighted by Gasteiger charge is -2.46. The number of fused-ring (bicyclic) bond motifs is 3. The molecule has 0 unspecified atom stereocenters. The Labute approximate surface area is 68.0 Å². The van der Waals surface area contributed by atoms with Gasteiger partial charge in [-0.25, -0.2) is 0 Å². The second-order valence-electron chi connectivity index (χ2n) is 3.98. The minimum Gasteiger partial charge on any atom is -0.391 e. The predicted octanol–water partition coefficient (Wildman–Crippen LogP) is 0.755. The molecule has 0 amide bonds. The summed E-state index contributed by atoms with van der Waals surface area (Å²) in [5.74, 6) is 1.34. The van der Waals surface area contributed by atoms with Crippen molar-refractivity contribution < 1.29 is 5.11 Å². The first-order valence-corrected chi connectivity index (χ1v) is 4.68. The molecule has 3 aliphatic rings. The first kappa shape index (κ1) is 7.56. The van der Waals surface area contributed by atoms with Crippen LogP contribution < -0.4 is 5.32 Å². The zero-order valence-electron chi connectivity index (χ0n) is 7.09. The fourth-order valence-electron chi connectivity index (χ4n) is 2.82.